The highest BCUT2D eigenvalue weighted by atomic mass is 19.4. The molecule has 2 saturated carbocycles. The number of carboxylic acid groups (broad SMARTS) is 1. The van der Waals surface area contributed by atoms with Crippen LogP contribution in [0, 0.1) is 5.92 Å². The Morgan fingerprint density at radius 2 is 1.47 bits per heavy atom. The maximum absolute atomic E-state index is 13.5. The van der Waals surface area contributed by atoms with Gasteiger partial charge in [0.2, 0.25) is 5.91 Å². The minimum absolute atomic E-state index is 0.343. The van der Waals surface area contributed by atoms with E-state index in [4.69, 9.17) is 9.90 Å². The molecule has 0 atom stereocenters. The van der Waals surface area contributed by atoms with E-state index in [0.717, 1.165) is 64.6 Å². The summed E-state index contributed by atoms with van der Waals surface area (Å²) in [6.07, 6.45) is 8.40. The fourth-order valence-corrected chi connectivity index (χ4v) is 6.96. The maximum atomic E-state index is 13.5. The van der Waals surface area contributed by atoms with Gasteiger partial charge in [0.1, 0.15) is 0 Å². The molecule has 0 unspecified atom stereocenters. The van der Waals surface area contributed by atoms with E-state index in [2.05, 4.69) is 75.6 Å². The van der Waals surface area contributed by atoms with E-state index in [9.17, 15) is 18.0 Å². The lowest BCUT2D eigenvalue weighted by molar-refractivity contribution is -0.192. The van der Waals surface area contributed by atoms with Crippen molar-refractivity contribution < 1.29 is 27.9 Å². The Hall–Kier alpha value is -2.95. The number of piperazine rings is 1. The molecule has 0 bridgehead atoms. The lowest BCUT2D eigenvalue weighted by atomic mass is 10.00. The monoisotopic (exact) mass is 658 g/mol. The normalized spacial score (nSPS) is 18.2. The highest BCUT2D eigenvalue weighted by molar-refractivity contribution is 5.76. The van der Waals surface area contributed by atoms with E-state index in [1.54, 1.807) is 0 Å². The van der Waals surface area contributed by atoms with Gasteiger partial charge in [-0.05, 0) is 79.6 Å². The minimum Gasteiger partial charge on any atom is -0.475 e. The third-order valence-electron chi connectivity index (χ3n) is 9.85. The number of carbonyl (C=O) groups excluding carboxylic acids is 1. The molecule has 1 heterocycles. The van der Waals surface area contributed by atoms with Gasteiger partial charge < -0.3 is 25.1 Å². The summed E-state index contributed by atoms with van der Waals surface area (Å²) in [6, 6.07) is 18.5. The Kier molecular flexibility index (Phi) is 14.6. The third kappa shape index (κ3) is 12.9. The van der Waals surface area contributed by atoms with Crippen molar-refractivity contribution in [3.63, 3.8) is 0 Å². The molecule has 3 fully saturated rings. The topological polar surface area (TPSA) is 76.1 Å². The van der Waals surface area contributed by atoms with Crippen LogP contribution in [0.2, 0.25) is 0 Å². The molecule has 2 aromatic rings. The first kappa shape index (κ1) is 36.9. The van der Waals surface area contributed by atoms with Gasteiger partial charge in [0, 0.05) is 58.3 Å². The maximum Gasteiger partial charge on any atom is 0.490 e. The number of amides is 1. The highest BCUT2D eigenvalue weighted by Gasteiger charge is 2.38. The summed E-state index contributed by atoms with van der Waals surface area (Å²) in [6.45, 7) is 8.16. The quantitative estimate of drug-likeness (QED) is 0.243. The minimum atomic E-state index is -5.08. The van der Waals surface area contributed by atoms with Crippen LogP contribution in [0.3, 0.4) is 0 Å². The van der Waals surface area contributed by atoms with Crippen molar-refractivity contribution in [1.29, 1.82) is 0 Å². The number of rotatable bonds is 13. The summed E-state index contributed by atoms with van der Waals surface area (Å²) < 4.78 is 31.7. The number of nitrogens with zero attached hydrogens (tertiary/aromatic N) is 3. The number of nitrogens with one attached hydrogen (secondary N) is 1. The van der Waals surface area contributed by atoms with E-state index in [1.807, 2.05) is 0 Å². The van der Waals surface area contributed by atoms with Gasteiger partial charge in [0.25, 0.3) is 0 Å². The van der Waals surface area contributed by atoms with Gasteiger partial charge >= 0.3 is 12.1 Å². The molecule has 2 aliphatic carbocycles. The molecular formula is C37H53F3N4O3. The summed E-state index contributed by atoms with van der Waals surface area (Å²) in [5.74, 6) is -1.65. The second kappa shape index (κ2) is 18.6. The molecule has 1 amide bonds. The predicted molar refractivity (Wildman–Crippen MR) is 180 cm³/mol. The van der Waals surface area contributed by atoms with Gasteiger partial charge in [0.05, 0.1) is 0 Å². The molecule has 47 heavy (non-hydrogen) atoms. The SMILES string of the molecule is CN1CCN(CCCN(Cc2cccc(-c3cccc(CNC4CCCC4)c3)c2)C(=O)CCC2CCCC2)CC1.O=C(O)C(F)(F)F. The number of hydrogen-bond acceptors (Lipinski definition) is 5. The van der Waals surface area contributed by atoms with Crippen LogP contribution in [0.5, 0.6) is 0 Å². The van der Waals surface area contributed by atoms with Crippen molar-refractivity contribution >= 4 is 11.9 Å². The molecule has 3 aliphatic rings. The molecule has 260 valence electrons. The first-order chi connectivity index (χ1) is 22.6. The number of halogens is 3. The van der Waals surface area contributed by atoms with Crippen LogP contribution in [-0.4, -0.2) is 90.2 Å². The Bertz CT molecular complexity index is 1250. The van der Waals surface area contributed by atoms with Crippen LogP contribution < -0.4 is 5.32 Å². The third-order valence-corrected chi connectivity index (χ3v) is 9.85. The summed E-state index contributed by atoms with van der Waals surface area (Å²) >= 11 is 0. The van der Waals surface area contributed by atoms with Crippen LogP contribution in [-0.2, 0) is 22.7 Å². The Balaban J connectivity index is 0.000000644. The zero-order chi connectivity index (χ0) is 33.6. The number of benzene rings is 2. The highest BCUT2D eigenvalue weighted by Crippen LogP contribution is 2.29. The van der Waals surface area contributed by atoms with Crippen molar-refractivity contribution in [3.8, 4) is 11.1 Å². The average molecular weight is 659 g/mol. The van der Waals surface area contributed by atoms with Gasteiger partial charge in [-0.1, -0.05) is 74.9 Å². The van der Waals surface area contributed by atoms with E-state index < -0.39 is 12.1 Å². The molecule has 2 aromatic carbocycles. The van der Waals surface area contributed by atoms with E-state index >= 15 is 0 Å². The van der Waals surface area contributed by atoms with Crippen molar-refractivity contribution in [2.24, 2.45) is 5.92 Å². The number of aliphatic carboxylic acids is 1. The zero-order valence-electron chi connectivity index (χ0n) is 27.9. The first-order valence-corrected chi connectivity index (χ1v) is 17.5. The number of likely N-dealkylation sites (N-methyl/N-ethyl adjacent to an activating group) is 1. The number of carboxylic acids is 1. The fourth-order valence-electron chi connectivity index (χ4n) is 6.96. The Morgan fingerprint density at radius 1 is 0.894 bits per heavy atom. The van der Waals surface area contributed by atoms with Crippen molar-refractivity contribution in [1.82, 2.24) is 20.0 Å². The van der Waals surface area contributed by atoms with Crippen LogP contribution in [0.25, 0.3) is 11.1 Å². The van der Waals surface area contributed by atoms with Gasteiger partial charge in [0.15, 0.2) is 0 Å². The van der Waals surface area contributed by atoms with Crippen molar-refractivity contribution in [2.45, 2.75) is 95.9 Å². The van der Waals surface area contributed by atoms with E-state index in [1.165, 1.54) is 73.6 Å². The summed E-state index contributed by atoms with van der Waals surface area (Å²) in [7, 11) is 2.21. The molecule has 1 aliphatic heterocycles. The summed E-state index contributed by atoms with van der Waals surface area (Å²) in [5.41, 5.74) is 5.10. The second-order valence-electron chi connectivity index (χ2n) is 13.6. The van der Waals surface area contributed by atoms with Gasteiger partial charge in [-0.2, -0.15) is 13.2 Å². The Labute approximate surface area is 278 Å². The smallest absolute Gasteiger partial charge is 0.475 e. The number of carbonyl (C=O) groups is 2. The summed E-state index contributed by atoms with van der Waals surface area (Å²) in [5, 5.41) is 10.9. The van der Waals surface area contributed by atoms with E-state index in [-0.39, 0.29) is 0 Å². The standard InChI is InChI=1S/C35H52N4O.C2HF3O2/c1-37-21-23-38(24-22-37)19-8-20-39(35(40)18-17-29-9-2-3-10-29)28-31-12-7-14-33(26-31)32-13-6-11-30(25-32)27-36-34-15-4-5-16-34;3-2(4,5)1(6)7/h6-7,11-14,25-26,29,34,36H,2-5,8-10,15-24,27-28H2,1H3;(H,6,7). The molecule has 7 nitrogen and oxygen atoms in total. The lowest BCUT2D eigenvalue weighted by Crippen LogP contribution is -2.45. The average Bonchev–Trinajstić information content (AvgIpc) is 3.78. The summed E-state index contributed by atoms with van der Waals surface area (Å²) in [4.78, 5) is 29.5. The van der Waals surface area contributed by atoms with Crippen molar-refractivity contribution in [2.75, 3.05) is 46.3 Å². The predicted octanol–water partition coefficient (Wildman–Crippen LogP) is 6.96. The first-order valence-electron chi connectivity index (χ1n) is 17.5. The zero-order valence-corrected chi connectivity index (χ0v) is 27.9. The Morgan fingerprint density at radius 3 is 2.09 bits per heavy atom. The molecule has 0 spiro atoms. The lowest BCUT2D eigenvalue weighted by Gasteiger charge is -2.33. The fraction of sp³-hybridized carbons (Fsp3) is 0.622. The van der Waals surface area contributed by atoms with Gasteiger partial charge in [-0.3, -0.25) is 4.79 Å². The van der Waals surface area contributed by atoms with Crippen LogP contribution in [0.15, 0.2) is 48.5 Å². The van der Waals surface area contributed by atoms with Crippen LogP contribution in [0.4, 0.5) is 13.2 Å². The van der Waals surface area contributed by atoms with Crippen molar-refractivity contribution in [3.05, 3.63) is 59.7 Å². The molecule has 5 rings (SSSR count). The van der Waals surface area contributed by atoms with Gasteiger partial charge in [-0.15, -0.1) is 0 Å². The molecule has 1 saturated heterocycles. The van der Waals surface area contributed by atoms with Crippen LogP contribution in [0.1, 0.15) is 81.8 Å². The van der Waals surface area contributed by atoms with E-state index in [0.29, 0.717) is 24.9 Å². The number of alkyl halides is 3. The molecule has 0 aromatic heterocycles. The van der Waals surface area contributed by atoms with Gasteiger partial charge in [-0.25, -0.2) is 4.79 Å². The second-order valence-corrected chi connectivity index (χ2v) is 13.6. The molecule has 10 heteroatoms. The van der Waals surface area contributed by atoms with Crippen LogP contribution >= 0.6 is 0 Å². The molecular weight excluding hydrogens is 605 g/mol. The number of hydrogen-bond donors (Lipinski definition) is 2. The molecule has 0 radical (unpaired) electrons. The molecule has 2 N–H and O–H groups in total. The largest absolute Gasteiger partial charge is 0.490 e.